The summed E-state index contributed by atoms with van der Waals surface area (Å²) in [6.45, 7) is 7.69. The predicted octanol–water partition coefficient (Wildman–Crippen LogP) is 3.14. The van der Waals surface area contributed by atoms with E-state index in [1.165, 1.54) is 0 Å². The maximum Gasteiger partial charge on any atom is 0.137 e. The predicted molar refractivity (Wildman–Crippen MR) is 82.4 cm³/mol. The van der Waals surface area contributed by atoms with E-state index >= 15 is 0 Å². The second-order valence-electron chi connectivity index (χ2n) is 4.56. The van der Waals surface area contributed by atoms with Crippen LogP contribution in [0.25, 0.3) is 0 Å². The van der Waals surface area contributed by atoms with Gasteiger partial charge in [-0.25, -0.2) is 4.98 Å². The van der Waals surface area contributed by atoms with Gasteiger partial charge in [0.2, 0.25) is 0 Å². The Balaban J connectivity index is 2.16. The van der Waals surface area contributed by atoms with Gasteiger partial charge in [0, 0.05) is 24.0 Å². The first-order valence-electron chi connectivity index (χ1n) is 6.95. The largest absolute Gasteiger partial charge is 0.492 e. The molecule has 20 heavy (non-hydrogen) atoms. The zero-order chi connectivity index (χ0) is 14.4. The monoisotopic (exact) mass is 291 g/mol. The Morgan fingerprint density at radius 1 is 1.35 bits per heavy atom. The van der Waals surface area contributed by atoms with E-state index in [0.29, 0.717) is 6.61 Å². The molecule has 1 atom stereocenters. The fourth-order valence-corrected chi connectivity index (χ4v) is 2.76. The van der Waals surface area contributed by atoms with Gasteiger partial charge in [0.1, 0.15) is 5.75 Å². The lowest BCUT2D eigenvalue weighted by Crippen LogP contribution is -2.23. The highest BCUT2D eigenvalue weighted by Crippen LogP contribution is 2.22. The Hall–Kier alpha value is -1.46. The van der Waals surface area contributed by atoms with E-state index in [1.54, 1.807) is 17.5 Å². The second kappa shape index (κ2) is 7.36. The van der Waals surface area contributed by atoms with E-state index in [0.717, 1.165) is 35.0 Å². The first-order chi connectivity index (χ1) is 9.72. The first kappa shape index (κ1) is 14.9. The topological polar surface area (TPSA) is 47.0 Å². The van der Waals surface area contributed by atoms with Crippen LogP contribution in [0, 0.1) is 6.92 Å². The molecule has 0 saturated heterocycles. The van der Waals surface area contributed by atoms with Crippen molar-refractivity contribution < 1.29 is 4.74 Å². The molecule has 0 spiro atoms. The molecule has 2 heterocycles. The van der Waals surface area contributed by atoms with Crippen molar-refractivity contribution in [2.45, 2.75) is 33.2 Å². The number of pyridine rings is 1. The van der Waals surface area contributed by atoms with Gasteiger partial charge < -0.3 is 10.1 Å². The Morgan fingerprint density at radius 2 is 2.20 bits per heavy atom. The van der Waals surface area contributed by atoms with Crippen LogP contribution in [-0.2, 0) is 6.42 Å². The zero-order valence-electron chi connectivity index (χ0n) is 12.2. The van der Waals surface area contributed by atoms with Gasteiger partial charge in [-0.3, -0.25) is 4.98 Å². The first-order valence-corrected chi connectivity index (χ1v) is 7.83. The van der Waals surface area contributed by atoms with Crippen LogP contribution in [0.4, 0.5) is 0 Å². The molecule has 0 aliphatic carbocycles. The minimum atomic E-state index is 0.217. The SMILES string of the molecule is CCNC(Cc1csc(C)n1)c1cncc(OCC)c1. The number of thiazole rings is 1. The third kappa shape index (κ3) is 4.02. The van der Waals surface area contributed by atoms with Crippen LogP contribution >= 0.6 is 11.3 Å². The Kier molecular flexibility index (Phi) is 5.49. The maximum absolute atomic E-state index is 5.53. The average Bonchev–Trinajstić information content (AvgIpc) is 2.84. The molecule has 0 amide bonds. The van der Waals surface area contributed by atoms with Crippen molar-refractivity contribution in [2.75, 3.05) is 13.2 Å². The molecule has 1 unspecified atom stereocenters. The number of ether oxygens (including phenoxy) is 1. The van der Waals surface area contributed by atoms with Gasteiger partial charge in [-0.05, 0) is 32.0 Å². The molecular weight excluding hydrogens is 270 g/mol. The molecule has 0 aliphatic heterocycles. The number of likely N-dealkylation sites (N-methyl/N-ethyl adjacent to an activating group) is 1. The van der Waals surface area contributed by atoms with Gasteiger partial charge in [-0.1, -0.05) is 6.92 Å². The van der Waals surface area contributed by atoms with Crippen molar-refractivity contribution in [3.8, 4) is 5.75 Å². The van der Waals surface area contributed by atoms with Crippen LogP contribution in [0.5, 0.6) is 5.75 Å². The van der Waals surface area contributed by atoms with Crippen molar-refractivity contribution in [1.82, 2.24) is 15.3 Å². The summed E-state index contributed by atoms with van der Waals surface area (Å²) in [7, 11) is 0. The molecule has 0 radical (unpaired) electrons. The molecule has 4 nitrogen and oxygen atoms in total. The highest BCUT2D eigenvalue weighted by Gasteiger charge is 2.14. The third-order valence-corrected chi connectivity index (χ3v) is 3.80. The van der Waals surface area contributed by atoms with Gasteiger partial charge in [0.25, 0.3) is 0 Å². The van der Waals surface area contributed by atoms with Gasteiger partial charge in [-0.15, -0.1) is 11.3 Å². The second-order valence-corrected chi connectivity index (χ2v) is 5.62. The van der Waals surface area contributed by atoms with Crippen LogP contribution < -0.4 is 10.1 Å². The Labute approximate surface area is 124 Å². The lowest BCUT2D eigenvalue weighted by molar-refractivity contribution is 0.337. The molecule has 0 aromatic carbocycles. The molecule has 0 fully saturated rings. The van der Waals surface area contributed by atoms with Crippen molar-refractivity contribution in [3.05, 3.63) is 40.1 Å². The van der Waals surface area contributed by atoms with Crippen molar-refractivity contribution in [1.29, 1.82) is 0 Å². The highest BCUT2D eigenvalue weighted by atomic mass is 32.1. The smallest absolute Gasteiger partial charge is 0.137 e. The number of hydrogen-bond donors (Lipinski definition) is 1. The molecule has 5 heteroatoms. The Bertz CT molecular complexity index is 541. The zero-order valence-corrected chi connectivity index (χ0v) is 13.0. The number of aryl methyl sites for hydroxylation is 1. The quantitative estimate of drug-likeness (QED) is 0.851. The summed E-state index contributed by atoms with van der Waals surface area (Å²) in [5.74, 6) is 0.822. The Morgan fingerprint density at radius 3 is 2.85 bits per heavy atom. The van der Waals surface area contributed by atoms with Gasteiger partial charge in [-0.2, -0.15) is 0 Å². The number of nitrogens with one attached hydrogen (secondary N) is 1. The summed E-state index contributed by atoms with van der Waals surface area (Å²) in [6.07, 6.45) is 4.52. The van der Waals surface area contributed by atoms with Crippen molar-refractivity contribution in [3.63, 3.8) is 0 Å². The van der Waals surface area contributed by atoms with Gasteiger partial charge >= 0.3 is 0 Å². The lowest BCUT2D eigenvalue weighted by Gasteiger charge is -2.17. The van der Waals surface area contributed by atoms with Crippen LogP contribution in [-0.4, -0.2) is 23.1 Å². The van der Waals surface area contributed by atoms with E-state index < -0.39 is 0 Å². The fourth-order valence-electron chi connectivity index (χ4n) is 2.14. The number of hydrogen-bond acceptors (Lipinski definition) is 5. The maximum atomic E-state index is 5.53. The fraction of sp³-hybridized carbons (Fsp3) is 0.467. The molecule has 0 saturated carbocycles. The molecule has 0 aliphatic rings. The minimum absolute atomic E-state index is 0.217. The summed E-state index contributed by atoms with van der Waals surface area (Å²) in [6, 6.07) is 2.28. The van der Waals surface area contributed by atoms with E-state index in [1.807, 2.05) is 20.0 Å². The van der Waals surface area contributed by atoms with Gasteiger partial charge in [0.15, 0.2) is 0 Å². The molecule has 2 rings (SSSR count). The molecule has 0 bridgehead atoms. The van der Waals surface area contributed by atoms with Crippen LogP contribution in [0.1, 0.15) is 36.2 Å². The summed E-state index contributed by atoms with van der Waals surface area (Å²) in [5.41, 5.74) is 2.27. The number of aromatic nitrogens is 2. The molecular formula is C15H21N3OS. The molecule has 1 N–H and O–H groups in total. The average molecular weight is 291 g/mol. The third-order valence-electron chi connectivity index (χ3n) is 2.98. The summed E-state index contributed by atoms with van der Waals surface area (Å²) in [4.78, 5) is 8.81. The van der Waals surface area contributed by atoms with Crippen LogP contribution in [0.3, 0.4) is 0 Å². The van der Waals surface area contributed by atoms with Crippen molar-refractivity contribution in [2.24, 2.45) is 0 Å². The standard InChI is InChI=1S/C15H21N3OS/c1-4-17-15(7-13-10-20-11(3)18-13)12-6-14(19-5-2)9-16-8-12/h6,8-10,15,17H,4-5,7H2,1-3H3. The molecule has 108 valence electrons. The van der Waals surface area contributed by atoms with E-state index in [4.69, 9.17) is 4.74 Å². The highest BCUT2D eigenvalue weighted by molar-refractivity contribution is 7.09. The lowest BCUT2D eigenvalue weighted by atomic mass is 10.0. The number of rotatable bonds is 7. The van der Waals surface area contributed by atoms with Gasteiger partial charge in [0.05, 0.1) is 23.5 Å². The summed E-state index contributed by atoms with van der Waals surface area (Å²) >= 11 is 1.69. The molecule has 2 aromatic heterocycles. The van der Waals surface area contributed by atoms with Crippen molar-refractivity contribution >= 4 is 11.3 Å². The molecule has 2 aromatic rings. The normalized spacial score (nSPS) is 12.3. The minimum Gasteiger partial charge on any atom is -0.492 e. The van der Waals surface area contributed by atoms with E-state index in [9.17, 15) is 0 Å². The summed E-state index contributed by atoms with van der Waals surface area (Å²) < 4.78 is 5.53. The van der Waals surface area contributed by atoms with Crippen LogP contribution in [0.2, 0.25) is 0 Å². The summed E-state index contributed by atoms with van der Waals surface area (Å²) in [5, 5.41) is 6.73. The van der Waals surface area contributed by atoms with E-state index in [-0.39, 0.29) is 6.04 Å². The number of nitrogens with zero attached hydrogens (tertiary/aromatic N) is 2. The van der Waals surface area contributed by atoms with E-state index in [2.05, 4.69) is 33.7 Å². The van der Waals surface area contributed by atoms with Crippen LogP contribution in [0.15, 0.2) is 23.8 Å².